The molecule has 4 aromatic rings. The van der Waals surface area contributed by atoms with Crippen LogP contribution in [-0.4, -0.2) is 17.0 Å². The molecule has 40 heavy (non-hydrogen) atoms. The Bertz CT molecular complexity index is 1660. The van der Waals surface area contributed by atoms with E-state index in [2.05, 4.69) is 10.6 Å². The van der Waals surface area contributed by atoms with Gasteiger partial charge in [0.25, 0.3) is 5.91 Å². The second kappa shape index (κ2) is 10.3. The number of anilines is 5. The summed E-state index contributed by atoms with van der Waals surface area (Å²) in [5.74, 6) is -1.52. The molecule has 5 rings (SSSR count). The predicted octanol–water partition coefficient (Wildman–Crippen LogP) is 7.90. The number of fused-ring (bicyclic) bond motifs is 1. The van der Waals surface area contributed by atoms with Crippen molar-refractivity contribution in [2.45, 2.75) is 20.0 Å². The highest BCUT2D eigenvalue weighted by molar-refractivity contribution is 6.35. The number of benzene rings is 4. The summed E-state index contributed by atoms with van der Waals surface area (Å²) in [4.78, 5) is 26.4. The van der Waals surface area contributed by atoms with Crippen LogP contribution in [0.25, 0.3) is 5.57 Å². The molecule has 1 aliphatic rings. The van der Waals surface area contributed by atoms with E-state index in [1.165, 1.54) is 29.3 Å². The molecule has 0 saturated carbocycles. The van der Waals surface area contributed by atoms with E-state index in [0.29, 0.717) is 28.3 Å². The quantitative estimate of drug-likeness (QED) is 0.216. The van der Waals surface area contributed by atoms with Gasteiger partial charge in [0.2, 0.25) is 0 Å². The van der Waals surface area contributed by atoms with Gasteiger partial charge in [0.05, 0.1) is 33.8 Å². The SMILES string of the molecule is Cc1cc(C)cc(N2C(=O)/C(=C\Nc3ccccc3Nc3cccc(C(=O)O)c3)c3ccc(C(F)(F)F)cc32)c1. The van der Waals surface area contributed by atoms with Gasteiger partial charge in [-0.05, 0) is 79.6 Å². The van der Waals surface area contributed by atoms with Crippen LogP contribution in [0, 0.1) is 13.8 Å². The van der Waals surface area contributed by atoms with Crippen LogP contribution in [0.3, 0.4) is 0 Å². The van der Waals surface area contributed by atoms with Gasteiger partial charge in [-0.3, -0.25) is 9.69 Å². The Balaban J connectivity index is 1.53. The second-order valence-corrected chi connectivity index (χ2v) is 9.48. The van der Waals surface area contributed by atoms with Crippen molar-refractivity contribution in [3.05, 3.63) is 119 Å². The number of halogens is 3. The first-order valence-electron chi connectivity index (χ1n) is 12.3. The lowest BCUT2D eigenvalue weighted by Crippen LogP contribution is -2.21. The van der Waals surface area contributed by atoms with Crippen molar-refractivity contribution in [1.29, 1.82) is 0 Å². The van der Waals surface area contributed by atoms with Crippen molar-refractivity contribution in [3.63, 3.8) is 0 Å². The van der Waals surface area contributed by atoms with Crippen LogP contribution in [0.1, 0.15) is 32.6 Å². The Morgan fingerprint density at radius 2 is 1.57 bits per heavy atom. The first kappa shape index (κ1) is 26.6. The van der Waals surface area contributed by atoms with E-state index in [4.69, 9.17) is 0 Å². The lowest BCUT2D eigenvalue weighted by atomic mass is 10.1. The number of amides is 1. The Kier molecular flexibility index (Phi) is 6.81. The molecule has 0 radical (unpaired) electrons. The minimum absolute atomic E-state index is 0.121. The van der Waals surface area contributed by atoms with E-state index in [-0.39, 0.29) is 16.8 Å². The number of hydrogen-bond acceptors (Lipinski definition) is 4. The molecular weight excluding hydrogens is 519 g/mol. The van der Waals surface area contributed by atoms with E-state index >= 15 is 0 Å². The minimum atomic E-state index is -4.57. The lowest BCUT2D eigenvalue weighted by Gasteiger charge is -2.19. The fourth-order valence-electron chi connectivity index (χ4n) is 4.69. The first-order chi connectivity index (χ1) is 19.0. The van der Waals surface area contributed by atoms with Crippen LogP contribution in [0.2, 0.25) is 0 Å². The molecule has 0 aromatic heterocycles. The number of para-hydroxylation sites is 2. The number of hydrogen-bond donors (Lipinski definition) is 3. The average Bonchev–Trinajstić information content (AvgIpc) is 3.17. The van der Waals surface area contributed by atoms with Crippen molar-refractivity contribution >= 4 is 45.9 Å². The highest BCUT2D eigenvalue weighted by Crippen LogP contribution is 2.45. The summed E-state index contributed by atoms with van der Waals surface area (Å²) >= 11 is 0. The zero-order chi connectivity index (χ0) is 28.6. The van der Waals surface area contributed by atoms with Crippen LogP contribution >= 0.6 is 0 Å². The maximum Gasteiger partial charge on any atom is 0.416 e. The molecular formula is C31H24F3N3O3. The van der Waals surface area contributed by atoms with Crippen molar-refractivity contribution in [3.8, 4) is 0 Å². The molecule has 1 aliphatic heterocycles. The summed E-state index contributed by atoms with van der Waals surface area (Å²) in [6, 6.07) is 22.1. The largest absolute Gasteiger partial charge is 0.478 e. The molecule has 1 amide bonds. The van der Waals surface area contributed by atoms with E-state index in [9.17, 15) is 27.9 Å². The molecule has 202 valence electrons. The highest BCUT2D eigenvalue weighted by atomic mass is 19.4. The molecule has 0 fully saturated rings. The highest BCUT2D eigenvalue weighted by Gasteiger charge is 2.38. The van der Waals surface area contributed by atoms with Gasteiger partial charge in [0.1, 0.15) is 0 Å². The third-order valence-electron chi connectivity index (χ3n) is 6.44. The second-order valence-electron chi connectivity index (χ2n) is 9.48. The zero-order valence-electron chi connectivity index (χ0n) is 21.5. The molecule has 0 saturated heterocycles. The van der Waals surface area contributed by atoms with Gasteiger partial charge in [-0.1, -0.05) is 30.3 Å². The summed E-state index contributed by atoms with van der Waals surface area (Å²) in [6.45, 7) is 3.72. The van der Waals surface area contributed by atoms with Crippen molar-refractivity contribution in [1.82, 2.24) is 0 Å². The monoisotopic (exact) mass is 543 g/mol. The van der Waals surface area contributed by atoms with Gasteiger partial charge >= 0.3 is 12.1 Å². The molecule has 0 unspecified atom stereocenters. The molecule has 0 aliphatic carbocycles. The number of carbonyl (C=O) groups excluding carboxylic acids is 1. The normalized spacial score (nSPS) is 13.9. The number of nitrogens with one attached hydrogen (secondary N) is 2. The summed E-state index contributed by atoms with van der Waals surface area (Å²) < 4.78 is 40.8. The average molecular weight is 544 g/mol. The number of aromatic carboxylic acids is 1. The van der Waals surface area contributed by atoms with Gasteiger partial charge in [-0.15, -0.1) is 0 Å². The van der Waals surface area contributed by atoms with Crippen LogP contribution in [0.15, 0.2) is 91.1 Å². The standard InChI is InChI=1S/C31H24F3N3O3/c1-18-12-19(2)14-23(13-18)37-28-16-21(31(32,33)34)10-11-24(28)25(29(37)38)17-35-26-8-3-4-9-27(26)36-22-7-5-6-20(15-22)30(39)40/h3-17,35-36H,1-2H3,(H,39,40)/b25-17-. The van der Waals surface area contributed by atoms with Gasteiger partial charge in [-0.25, -0.2) is 4.79 Å². The third kappa shape index (κ3) is 5.26. The van der Waals surface area contributed by atoms with Crippen molar-refractivity contribution < 1.29 is 27.9 Å². The smallest absolute Gasteiger partial charge is 0.416 e. The number of carboxylic acids is 1. The Labute approximate surface area is 228 Å². The van der Waals surface area contributed by atoms with Gasteiger partial charge in [0, 0.05) is 23.1 Å². The summed E-state index contributed by atoms with van der Waals surface area (Å²) in [6.07, 6.45) is -3.09. The molecule has 1 heterocycles. The van der Waals surface area contributed by atoms with Crippen molar-refractivity contribution in [2.75, 3.05) is 15.5 Å². The minimum Gasteiger partial charge on any atom is -0.478 e. The zero-order valence-corrected chi connectivity index (χ0v) is 21.5. The van der Waals surface area contributed by atoms with E-state index in [0.717, 1.165) is 23.3 Å². The molecule has 0 spiro atoms. The molecule has 9 heteroatoms. The molecule has 6 nitrogen and oxygen atoms in total. The first-order valence-corrected chi connectivity index (χ1v) is 12.3. The van der Waals surface area contributed by atoms with Gasteiger partial charge in [0.15, 0.2) is 0 Å². The Morgan fingerprint density at radius 1 is 0.875 bits per heavy atom. The Hall–Kier alpha value is -5.05. The number of aryl methyl sites for hydroxylation is 2. The van der Waals surface area contributed by atoms with E-state index in [1.54, 1.807) is 48.5 Å². The number of carboxylic acid groups (broad SMARTS) is 1. The number of nitrogens with zero attached hydrogens (tertiary/aromatic N) is 1. The van der Waals surface area contributed by atoms with E-state index in [1.807, 2.05) is 19.9 Å². The number of rotatable bonds is 6. The maximum atomic E-state index is 13.7. The van der Waals surface area contributed by atoms with Crippen LogP contribution in [-0.2, 0) is 11.0 Å². The van der Waals surface area contributed by atoms with E-state index < -0.39 is 23.6 Å². The summed E-state index contributed by atoms with van der Waals surface area (Å²) in [5.41, 5.74) is 3.93. The van der Waals surface area contributed by atoms with Crippen LogP contribution in [0.4, 0.5) is 41.6 Å². The summed E-state index contributed by atoms with van der Waals surface area (Å²) in [5, 5.41) is 15.6. The Morgan fingerprint density at radius 3 is 2.25 bits per heavy atom. The van der Waals surface area contributed by atoms with Gasteiger partial charge in [-0.2, -0.15) is 13.2 Å². The number of alkyl halides is 3. The fraction of sp³-hybridized carbons (Fsp3) is 0.0968. The van der Waals surface area contributed by atoms with Gasteiger partial charge < -0.3 is 15.7 Å². The predicted molar refractivity (Wildman–Crippen MR) is 149 cm³/mol. The molecule has 0 bridgehead atoms. The van der Waals surface area contributed by atoms with Crippen LogP contribution < -0.4 is 15.5 Å². The molecule has 4 aromatic carbocycles. The number of carbonyl (C=O) groups is 2. The fourth-order valence-corrected chi connectivity index (χ4v) is 4.69. The molecule has 3 N–H and O–H groups in total. The van der Waals surface area contributed by atoms with Crippen LogP contribution in [0.5, 0.6) is 0 Å². The molecule has 0 atom stereocenters. The maximum absolute atomic E-state index is 13.7. The topological polar surface area (TPSA) is 81.7 Å². The summed E-state index contributed by atoms with van der Waals surface area (Å²) in [7, 11) is 0. The van der Waals surface area contributed by atoms with Crippen molar-refractivity contribution in [2.24, 2.45) is 0 Å². The third-order valence-corrected chi connectivity index (χ3v) is 6.44. The lowest BCUT2D eigenvalue weighted by molar-refractivity contribution is -0.137.